The van der Waals surface area contributed by atoms with Crippen LogP contribution < -0.4 is 4.90 Å². The maximum Gasteiger partial charge on any atom is 0.228 e. The lowest BCUT2D eigenvalue weighted by molar-refractivity contribution is -0.131. The van der Waals surface area contributed by atoms with E-state index in [1.807, 2.05) is 54.4 Å². The Kier molecular flexibility index (Phi) is 6.18. The number of hydrogen-bond donors (Lipinski definition) is 0. The summed E-state index contributed by atoms with van der Waals surface area (Å²) in [5.41, 5.74) is 4.10. The van der Waals surface area contributed by atoms with E-state index in [2.05, 4.69) is 15.3 Å². The molecule has 8 nitrogen and oxygen atoms in total. The van der Waals surface area contributed by atoms with Crippen LogP contribution in [-0.2, 0) is 11.2 Å². The topological polar surface area (TPSA) is 88.2 Å². The molecule has 4 rings (SSSR count). The lowest BCUT2D eigenvalue weighted by Crippen LogP contribution is -2.40. The quantitative estimate of drug-likeness (QED) is 0.599. The summed E-state index contributed by atoms with van der Waals surface area (Å²) >= 11 is 6.24. The molecule has 9 heteroatoms. The van der Waals surface area contributed by atoms with Gasteiger partial charge in [0.05, 0.1) is 12.1 Å². The fourth-order valence-electron chi connectivity index (χ4n) is 3.88. The minimum Gasteiger partial charge on any atom is -0.347 e. The Morgan fingerprint density at radius 1 is 1.32 bits per heavy atom. The molecule has 1 aromatic carbocycles. The van der Waals surface area contributed by atoms with Crippen molar-refractivity contribution in [1.29, 1.82) is 0 Å². The van der Waals surface area contributed by atoms with Crippen LogP contribution in [0, 0.1) is 6.92 Å². The lowest BCUT2D eigenvalue weighted by Gasteiger charge is -2.33. The number of aromatic nitrogens is 4. The van der Waals surface area contributed by atoms with E-state index in [1.54, 1.807) is 6.92 Å². The van der Waals surface area contributed by atoms with Crippen molar-refractivity contribution in [2.24, 2.45) is 0 Å². The SMILES string of the molecule is Cc1nonc1CC(=O)N1CCCC(c2nc(N(C)C)ncc2-c2cccc(Cl)c2)C1. The highest BCUT2D eigenvalue weighted by Crippen LogP contribution is 2.34. The van der Waals surface area contributed by atoms with Crippen molar-refractivity contribution in [3.8, 4) is 11.1 Å². The van der Waals surface area contributed by atoms with E-state index >= 15 is 0 Å². The van der Waals surface area contributed by atoms with E-state index in [4.69, 9.17) is 21.2 Å². The molecule has 31 heavy (non-hydrogen) atoms. The summed E-state index contributed by atoms with van der Waals surface area (Å²) in [5, 5.41) is 8.28. The van der Waals surface area contributed by atoms with Crippen molar-refractivity contribution >= 4 is 23.5 Å². The zero-order chi connectivity index (χ0) is 22.0. The number of benzene rings is 1. The predicted molar refractivity (Wildman–Crippen MR) is 118 cm³/mol. The minimum absolute atomic E-state index is 0.0229. The zero-order valence-corrected chi connectivity index (χ0v) is 18.6. The highest BCUT2D eigenvalue weighted by molar-refractivity contribution is 6.30. The maximum atomic E-state index is 12.9. The van der Waals surface area contributed by atoms with Gasteiger partial charge in [-0.1, -0.05) is 34.0 Å². The van der Waals surface area contributed by atoms with Gasteiger partial charge in [0.1, 0.15) is 11.4 Å². The summed E-state index contributed by atoms with van der Waals surface area (Å²) in [4.78, 5) is 26.1. The third-order valence-electron chi connectivity index (χ3n) is 5.57. The Balaban J connectivity index is 1.63. The molecule has 1 aliphatic heterocycles. The Morgan fingerprint density at radius 3 is 2.87 bits per heavy atom. The van der Waals surface area contributed by atoms with Crippen LogP contribution in [0.2, 0.25) is 5.02 Å². The molecule has 1 saturated heterocycles. The molecule has 0 saturated carbocycles. The summed E-state index contributed by atoms with van der Waals surface area (Å²) < 4.78 is 4.73. The van der Waals surface area contributed by atoms with Crippen molar-refractivity contribution in [2.45, 2.75) is 32.1 Å². The van der Waals surface area contributed by atoms with E-state index in [0.717, 1.165) is 36.2 Å². The van der Waals surface area contributed by atoms with Gasteiger partial charge in [0.15, 0.2) is 0 Å². The van der Waals surface area contributed by atoms with Crippen LogP contribution in [0.3, 0.4) is 0 Å². The fourth-order valence-corrected chi connectivity index (χ4v) is 4.07. The van der Waals surface area contributed by atoms with Gasteiger partial charge in [-0.3, -0.25) is 4.79 Å². The summed E-state index contributed by atoms with van der Waals surface area (Å²) in [6.07, 6.45) is 3.90. The zero-order valence-electron chi connectivity index (χ0n) is 17.9. The van der Waals surface area contributed by atoms with Crippen LogP contribution in [0.4, 0.5) is 5.95 Å². The summed E-state index contributed by atoms with van der Waals surface area (Å²) in [6, 6.07) is 7.70. The highest BCUT2D eigenvalue weighted by Gasteiger charge is 2.29. The fraction of sp³-hybridized carbons (Fsp3) is 0.409. The van der Waals surface area contributed by atoms with Crippen LogP contribution in [-0.4, -0.2) is 58.3 Å². The van der Waals surface area contributed by atoms with E-state index in [9.17, 15) is 4.79 Å². The normalized spacial score (nSPS) is 16.4. The van der Waals surface area contributed by atoms with Gasteiger partial charge in [0.25, 0.3) is 0 Å². The molecule has 0 radical (unpaired) electrons. The number of carbonyl (C=O) groups is 1. The van der Waals surface area contributed by atoms with E-state index in [1.165, 1.54) is 0 Å². The van der Waals surface area contributed by atoms with Gasteiger partial charge in [0.2, 0.25) is 11.9 Å². The third kappa shape index (κ3) is 4.69. The van der Waals surface area contributed by atoms with Crippen molar-refractivity contribution < 1.29 is 9.42 Å². The first-order chi connectivity index (χ1) is 14.9. The number of piperidine rings is 1. The summed E-state index contributed by atoms with van der Waals surface area (Å²) in [7, 11) is 3.84. The Bertz CT molecular complexity index is 1080. The van der Waals surface area contributed by atoms with E-state index in [-0.39, 0.29) is 18.2 Å². The van der Waals surface area contributed by atoms with Crippen LogP contribution in [0.25, 0.3) is 11.1 Å². The molecular formula is C22H25ClN6O2. The Hall–Kier alpha value is -3.00. The van der Waals surface area contributed by atoms with Gasteiger partial charge < -0.3 is 9.80 Å². The summed E-state index contributed by atoms with van der Waals surface area (Å²) in [5.74, 6) is 0.771. The number of hydrogen-bond acceptors (Lipinski definition) is 7. The number of aryl methyl sites for hydroxylation is 1. The molecule has 3 aromatic rings. The van der Waals surface area contributed by atoms with Gasteiger partial charge in [0, 0.05) is 49.9 Å². The molecule has 0 bridgehead atoms. The van der Waals surface area contributed by atoms with Gasteiger partial charge >= 0.3 is 0 Å². The van der Waals surface area contributed by atoms with Crippen LogP contribution in [0.5, 0.6) is 0 Å². The Morgan fingerprint density at radius 2 is 2.16 bits per heavy atom. The smallest absolute Gasteiger partial charge is 0.228 e. The first-order valence-electron chi connectivity index (χ1n) is 10.3. The molecule has 0 aliphatic carbocycles. The molecule has 0 N–H and O–H groups in total. The monoisotopic (exact) mass is 440 g/mol. The van der Waals surface area contributed by atoms with Gasteiger partial charge in [-0.25, -0.2) is 14.6 Å². The first-order valence-corrected chi connectivity index (χ1v) is 10.7. The van der Waals surface area contributed by atoms with Crippen molar-refractivity contribution in [3.63, 3.8) is 0 Å². The van der Waals surface area contributed by atoms with Crippen molar-refractivity contribution in [2.75, 3.05) is 32.1 Å². The molecule has 0 spiro atoms. The van der Waals surface area contributed by atoms with E-state index in [0.29, 0.717) is 28.9 Å². The summed E-state index contributed by atoms with van der Waals surface area (Å²) in [6.45, 7) is 3.11. The average Bonchev–Trinajstić information content (AvgIpc) is 3.17. The van der Waals surface area contributed by atoms with Crippen LogP contribution in [0.15, 0.2) is 35.1 Å². The van der Waals surface area contributed by atoms with Crippen LogP contribution in [0.1, 0.15) is 35.8 Å². The number of anilines is 1. The molecule has 2 aromatic heterocycles. The molecule has 1 atom stereocenters. The number of nitrogens with zero attached hydrogens (tertiary/aromatic N) is 6. The van der Waals surface area contributed by atoms with Crippen molar-refractivity contribution in [1.82, 2.24) is 25.2 Å². The number of halogens is 1. The first kappa shape index (κ1) is 21.2. The standard InChI is InChI=1S/C22H25ClN6O2/c1-14-19(27-31-26-14)11-20(30)29-9-5-7-16(13-29)21-18(12-24-22(25-21)28(2)3)15-6-4-8-17(23)10-15/h4,6,8,10,12,16H,5,7,9,11,13H2,1-3H3. The largest absolute Gasteiger partial charge is 0.347 e. The molecule has 162 valence electrons. The molecule has 1 fully saturated rings. The second kappa shape index (κ2) is 9.01. The second-order valence-electron chi connectivity index (χ2n) is 8.03. The van der Waals surface area contributed by atoms with Gasteiger partial charge in [-0.15, -0.1) is 0 Å². The molecule has 1 unspecified atom stereocenters. The van der Waals surface area contributed by atoms with Gasteiger partial charge in [-0.05, 0) is 37.5 Å². The number of likely N-dealkylation sites (tertiary alicyclic amines) is 1. The molecule has 1 amide bonds. The minimum atomic E-state index is 0.0229. The second-order valence-corrected chi connectivity index (χ2v) is 8.46. The number of carbonyl (C=O) groups excluding carboxylic acids is 1. The maximum absolute atomic E-state index is 12.9. The van der Waals surface area contributed by atoms with E-state index < -0.39 is 0 Å². The highest BCUT2D eigenvalue weighted by atomic mass is 35.5. The third-order valence-corrected chi connectivity index (χ3v) is 5.80. The molecule has 3 heterocycles. The molecular weight excluding hydrogens is 416 g/mol. The Labute approximate surface area is 186 Å². The molecule has 1 aliphatic rings. The number of amides is 1. The van der Waals surface area contributed by atoms with Crippen LogP contribution >= 0.6 is 11.6 Å². The average molecular weight is 441 g/mol. The number of rotatable bonds is 5. The van der Waals surface area contributed by atoms with Crippen molar-refractivity contribution in [3.05, 3.63) is 52.6 Å². The van der Waals surface area contributed by atoms with Gasteiger partial charge in [-0.2, -0.15) is 0 Å². The predicted octanol–water partition coefficient (Wildman–Crippen LogP) is 3.50. The lowest BCUT2D eigenvalue weighted by atomic mass is 9.89.